The van der Waals surface area contributed by atoms with Crippen molar-refractivity contribution in [2.24, 2.45) is 0 Å². The minimum atomic E-state index is -0.250. The van der Waals surface area contributed by atoms with E-state index >= 15 is 0 Å². The first kappa shape index (κ1) is 15.3. The van der Waals surface area contributed by atoms with Gasteiger partial charge in [-0.25, -0.2) is 4.98 Å². The first-order chi connectivity index (χ1) is 11.7. The van der Waals surface area contributed by atoms with Crippen LogP contribution in [0.2, 0.25) is 0 Å². The Morgan fingerprint density at radius 1 is 1.38 bits per heavy atom. The molecule has 2 aliphatic rings. The molecule has 2 N–H and O–H groups in total. The molecule has 24 heavy (non-hydrogen) atoms. The van der Waals surface area contributed by atoms with E-state index < -0.39 is 0 Å². The zero-order valence-electron chi connectivity index (χ0n) is 13.7. The quantitative estimate of drug-likeness (QED) is 0.811. The standard InChI is InChI=1S/C15H21N7O2/c1-2-11-17-12(20-19-11)8-22-7-3-4-10(22)15-18-13(21-24-15)14(23)16-9-5-6-9/h9-10H,2-8H2,1H3,(H,16,23)(H,17,19,20)/t10-/m0/s1. The maximum absolute atomic E-state index is 12.0. The largest absolute Gasteiger partial charge is 0.346 e. The second-order valence-corrected chi connectivity index (χ2v) is 6.38. The number of aryl methyl sites for hydroxylation is 1. The molecule has 0 spiro atoms. The van der Waals surface area contributed by atoms with Crippen molar-refractivity contribution < 1.29 is 9.32 Å². The van der Waals surface area contributed by atoms with Crippen LogP contribution in [0.1, 0.15) is 66.8 Å². The molecule has 2 aromatic heterocycles. The molecule has 2 aromatic rings. The minimum absolute atomic E-state index is 0.0233. The molecule has 0 radical (unpaired) electrons. The van der Waals surface area contributed by atoms with E-state index in [1.54, 1.807) is 0 Å². The van der Waals surface area contributed by atoms with Gasteiger partial charge in [0, 0.05) is 12.5 Å². The Labute approximate surface area is 139 Å². The van der Waals surface area contributed by atoms with Crippen LogP contribution in [0.5, 0.6) is 0 Å². The van der Waals surface area contributed by atoms with Gasteiger partial charge in [0.2, 0.25) is 5.89 Å². The van der Waals surface area contributed by atoms with Crippen molar-refractivity contribution in [2.75, 3.05) is 6.54 Å². The third kappa shape index (κ3) is 3.16. The van der Waals surface area contributed by atoms with E-state index in [0.717, 1.165) is 50.3 Å². The van der Waals surface area contributed by atoms with Crippen LogP contribution in [0.3, 0.4) is 0 Å². The van der Waals surface area contributed by atoms with E-state index in [-0.39, 0.29) is 23.8 Å². The average Bonchev–Trinajstić information content (AvgIpc) is 3.01. The van der Waals surface area contributed by atoms with Crippen LogP contribution in [-0.2, 0) is 13.0 Å². The summed E-state index contributed by atoms with van der Waals surface area (Å²) in [5.41, 5.74) is 0. The second kappa shape index (κ2) is 6.31. The average molecular weight is 331 g/mol. The van der Waals surface area contributed by atoms with Crippen molar-refractivity contribution >= 4 is 5.91 Å². The van der Waals surface area contributed by atoms with Crippen molar-refractivity contribution in [3.63, 3.8) is 0 Å². The van der Waals surface area contributed by atoms with Crippen molar-refractivity contribution in [2.45, 2.75) is 57.7 Å². The van der Waals surface area contributed by atoms with Gasteiger partial charge in [-0.05, 0) is 32.2 Å². The van der Waals surface area contributed by atoms with Gasteiger partial charge in [-0.3, -0.25) is 14.8 Å². The fourth-order valence-electron chi connectivity index (χ4n) is 2.99. The van der Waals surface area contributed by atoms with Crippen LogP contribution < -0.4 is 5.32 Å². The highest BCUT2D eigenvalue weighted by Crippen LogP contribution is 2.31. The lowest BCUT2D eigenvalue weighted by molar-refractivity contribution is 0.0937. The van der Waals surface area contributed by atoms with Gasteiger partial charge in [0.1, 0.15) is 11.6 Å². The highest BCUT2D eigenvalue weighted by Gasteiger charge is 2.33. The molecule has 0 aromatic carbocycles. The second-order valence-electron chi connectivity index (χ2n) is 6.38. The number of likely N-dealkylation sites (tertiary alicyclic amines) is 1. The number of aromatic amines is 1. The topological polar surface area (TPSA) is 113 Å². The smallest absolute Gasteiger partial charge is 0.292 e. The number of aromatic nitrogens is 5. The molecular formula is C15H21N7O2. The molecule has 0 bridgehead atoms. The molecule has 3 heterocycles. The zero-order valence-corrected chi connectivity index (χ0v) is 13.7. The van der Waals surface area contributed by atoms with Gasteiger partial charge >= 0.3 is 0 Å². The summed E-state index contributed by atoms with van der Waals surface area (Å²) >= 11 is 0. The lowest BCUT2D eigenvalue weighted by Crippen LogP contribution is -2.27. The van der Waals surface area contributed by atoms with Crippen molar-refractivity contribution in [3.05, 3.63) is 23.4 Å². The monoisotopic (exact) mass is 331 g/mol. The lowest BCUT2D eigenvalue weighted by atomic mass is 10.2. The molecule has 1 aliphatic carbocycles. The summed E-state index contributed by atoms with van der Waals surface area (Å²) in [7, 11) is 0. The minimum Gasteiger partial charge on any atom is -0.346 e. The van der Waals surface area contributed by atoms with E-state index in [2.05, 4.69) is 35.5 Å². The molecule has 1 aliphatic heterocycles. The van der Waals surface area contributed by atoms with Crippen LogP contribution in [0.15, 0.2) is 4.52 Å². The molecule has 4 rings (SSSR count). The summed E-state index contributed by atoms with van der Waals surface area (Å²) in [5.74, 6) is 2.03. The summed E-state index contributed by atoms with van der Waals surface area (Å²) in [4.78, 5) is 23.0. The van der Waals surface area contributed by atoms with Gasteiger partial charge in [0.05, 0.1) is 12.6 Å². The predicted molar refractivity (Wildman–Crippen MR) is 82.9 cm³/mol. The van der Waals surface area contributed by atoms with Crippen LogP contribution in [-0.4, -0.2) is 48.7 Å². The molecular weight excluding hydrogens is 310 g/mol. The SMILES string of the molecule is CCc1n[nH]c(CN2CCC[C@H]2c2nc(C(=O)NC3CC3)no2)n1. The van der Waals surface area contributed by atoms with E-state index in [1.807, 2.05) is 6.92 Å². The molecule has 9 nitrogen and oxygen atoms in total. The number of amides is 1. The number of carbonyl (C=O) groups is 1. The first-order valence-corrected chi connectivity index (χ1v) is 8.51. The molecule has 9 heteroatoms. The van der Waals surface area contributed by atoms with Gasteiger partial charge in [-0.15, -0.1) is 0 Å². The van der Waals surface area contributed by atoms with Crippen molar-refractivity contribution in [1.82, 2.24) is 35.5 Å². The summed E-state index contributed by atoms with van der Waals surface area (Å²) in [6, 6.07) is 0.303. The molecule has 1 saturated carbocycles. The summed E-state index contributed by atoms with van der Waals surface area (Å²) in [6.07, 6.45) is 4.85. The van der Waals surface area contributed by atoms with Gasteiger partial charge in [-0.1, -0.05) is 12.1 Å². The van der Waals surface area contributed by atoms with Crippen LogP contribution in [0.25, 0.3) is 0 Å². The molecule has 0 unspecified atom stereocenters. The van der Waals surface area contributed by atoms with Crippen LogP contribution in [0.4, 0.5) is 0 Å². The Morgan fingerprint density at radius 3 is 3.00 bits per heavy atom. The Morgan fingerprint density at radius 2 is 2.25 bits per heavy atom. The molecule has 128 valence electrons. The third-order valence-corrected chi connectivity index (χ3v) is 4.45. The summed E-state index contributed by atoms with van der Waals surface area (Å²) < 4.78 is 5.36. The third-order valence-electron chi connectivity index (χ3n) is 4.45. The van der Waals surface area contributed by atoms with Crippen LogP contribution >= 0.6 is 0 Å². The predicted octanol–water partition coefficient (Wildman–Crippen LogP) is 0.979. The Kier molecular flexibility index (Phi) is 4.01. The zero-order chi connectivity index (χ0) is 16.5. The Balaban J connectivity index is 1.44. The van der Waals surface area contributed by atoms with Crippen molar-refractivity contribution in [3.8, 4) is 0 Å². The van der Waals surface area contributed by atoms with Gasteiger partial charge in [0.25, 0.3) is 11.7 Å². The number of nitrogens with zero attached hydrogens (tertiary/aromatic N) is 5. The fourth-order valence-corrected chi connectivity index (χ4v) is 2.99. The number of nitrogens with one attached hydrogen (secondary N) is 2. The van der Waals surface area contributed by atoms with E-state index in [4.69, 9.17) is 4.52 Å². The van der Waals surface area contributed by atoms with E-state index in [0.29, 0.717) is 12.4 Å². The molecule has 2 fully saturated rings. The Bertz CT molecular complexity index is 721. The Hall–Kier alpha value is -2.29. The lowest BCUT2D eigenvalue weighted by Gasteiger charge is -2.19. The van der Waals surface area contributed by atoms with Crippen molar-refractivity contribution in [1.29, 1.82) is 0 Å². The number of carbonyl (C=O) groups excluding carboxylic acids is 1. The van der Waals surface area contributed by atoms with Gasteiger partial charge in [0.15, 0.2) is 0 Å². The maximum atomic E-state index is 12.0. The number of H-pyrrole nitrogens is 1. The van der Waals surface area contributed by atoms with Gasteiger partial charge in [-0.2, -0.15) is 10.1 Å². The number of hydrogen-bond donors (Lipinski definition) is 2. The maximum Gasteiger partial charge on any atom is 0.292 e. The number of rotatable bonds is 6. The summed E-state index contributed by atoms with van der Waals surface area (Å²) in [5, 5.41) is 13.9. The molecule has 1 amide bonds. The summed E-state index contributed by atoms with van der Waals surface area (Å²) in [6.45, 7) is 3.61. The first-order valence-electron chi connectivity index (χ1n) is 8.51. The van der Waals surface area contributed by atoms with E-state index in [9.17, 15) is 4.79 Å². The van der Waals surface area contributed by atoms with Gasteiger partial charge < -0.3 is 9.84 Å². The highest BCUT2D eigenvalue weighted by atomic mass is 16.5. The molecule has 1 atom stereocenters. The van der Waals surface area contributed by atoms with E-state index in [1.165, 1.54) is 0 Å². The molecule has 1 saturated heterocycles. The normalized spacial score (nSPS) is 21.3. The van der Waals surface area contributed by atoms with Crippen LogP contribution in [0, 0.1) is 0 Å². The number of hydrogen-bond acceptors (Lipinski definition) is 7. The highest BCUT2D eigenvalue weighted by molar-refractivity contribution is 5.90. The fraction of sp³-hybridized carbons (Fsp3) is 0.667.